The molecule has 2 heterocycles. The molecular weight excluding hydrogens is 460 g/mol. The van der Waals surface area contributed by atoms with Crippen molar-refractivity contribution in [3.63, 3.8) is 0 Å². The summed E-state index contributed by atoms with van der Waals surface area (Å²) in [5.41, 5.74) is 9.96. The average Bonchev–Trinajstić information content (AvgIpc) is 3.24. The predicted molar refractivity (Wildman–Crippen MR) is 132 cm³/mol. The van der Waals surface area contributed by atoms with E-state index >= 15 is 0 Å². The molecule has 3 aromatic rings. The second-order valence-electron chi connectivity index (χ2n) is 8.87. The summed E-state index contributed by atoms with van der Waals surface area (Å²) in [5, 5.41) is 16.9. The van der Waals surface area contributed by atoms with Crippen LogP contribution in [0.4, 0.5) is 0 Å². The summed E-state index contributed by atoms with van der Waals surface area (Å²) in [5.74, 6) is 1.07. The quantitative estimate of drug-likeness (QED) is 0.448. The Kier molecular flexibility index (Phi) is 7.15. The van der Waals surface area contributed by atoms with Crippen molar-refractivity contribution >= 4 is 5.97 Å². The Morgan fingerprint density at radius 1 is 1.25 bits per heavy atom. The van der Waals surface area contributed by atoms with Gasteiger partial charge in [0.1, 0.15) is 29.7 Å². The maximum atomic E-state index is 12.1. The predicted octanol–water partition coefficient (Wildman–Crippen LogP) is 4.34. The molecule has 36 heavy (non-hydrogen) atoms. The van der Waals surface area contributed by atoms with Gasteiger partial charge >= 0.3 is 5.97 Å². The molecule has 186 valence electrons. The van der Waals surface area contributed by atoms with Crippen LogP contribution < -0.4 is 19.9 Å². The van der Waals surface area contributed by atoms with Gasteiger partial charge in [0, 0.05) is 16.8 Å². The summed E-state index contributed by atoms with van der Waals surface area (Å²) in [4.78, 5) is 12.1. The number of nitriles is 1. The number of ether oxygens (including phenoxy) is 4. The number of hydrogen-bond donors (Lipinski definition) is 2. The Balaban J connectivity index is 1.57. The van der Waals surface area contributed by atoms with Crippen molar-refractivity contribution in [3.8, 4) is 23.4 Å². The largest absolute Gasteiger partial charge is 0.496 e. The molecule has 0 saturated heterocycles. The smallest absolute Gasteiger partial charge is 0.338 e. The zero-order valence-electron chi connectivity index (χ0n) is 20.6. The zero-order valence-corrected chi connectivity index (χ0v) is 20.6. The van der Waals surface area contributed by atoms with E-state index in [0.717, 1.165) is 22.4 Å². The van der Waals surface area contributed by atoms with Crippen LogP contribution in [0.1, 0.15) is 52.5 Å². The van der Waals surface area contributed by atoms with Gasteiger partial charge in [-0.15, -0.1) is 5.10 Å². The number of nitrogens with one attached hydrogen (secondary N) is 1. The second-order valence-corrected chi connectivity index (χ2v) is 8.87. The maximum Gasteiger partial charge on any atom is 0.338 e. The van der Waals surface area contributed by atoms with Crippen LogP contribution in [-0.2, 0) is 11.3 Å². The highest BCUT2D eigenvalue weighted by atomic mass is 16.5. The van der Waals surface area contributed by atoms with Crippen LogP contribution >= 0.6 is 0 Å². The van der Waals surface area contributed by atoms with Gasteiger partial charge in [0.15, 0.2) is 0 Å². The molecule has 3 N–H and O–H groups in total. The highest BCUT2D eigenvalue weighted by Crippen LogP contribution is 2.43. The molecule has 0 saturated carbocycles. The summed E-state index contributed by atoms with van der Waals surface area (Å²) in [6.07, 6.45) is 0. The van der Waals surface area contributed by atoms with E-state index in [2.05, 4.69) is 16.3 Å². The number of aryl methyl sites for hydroxylation is 1. The number of allylic oxidation sites excluding steroid dienone is 1. The van der Waals surface area contributed by atoms with Crippen molar-refractivity contribution < 1.29 is 23.7 Å². The number of hydrogen-bond acceptors (Lipinski definition) is 8. The fourth-order valence-electron chi connectivity index (χ4n) is 4.00. The first kappa shape index (κ1) is 24.7. The lowest BCUT2D eigenvalue weighted by Gasteiger charge is -2.24. The lowest BCUT2D eigenvalue weighted by molar-refractivity contribution is 0.0459. The number of fused-ring (bicyclic) bond motifs is 1. The first-order valence-electron chi connectivity index (χ1n) is 11.5. The van der Waals surface area contributed by atoms with Gasteiger partial charge in [-0.25, -0.2) is 4.79 Å². The lowest BCUT2D eigenvalue weighted by Crippen LogP contribution is -2.21. The Bertz CT molecular complexity index is 1340. The summed E-state index contributed by atoms with van der Waals surface area (Å²) in [6, 6.07) is 14.6. The number of benzene rings is 2. The minimum Gasteiger partial charge on any atom is -0.496 e. The summed E-state index contributed by atoms with van der Waals surface area (Å²) < 4.78 is 22.3. The Hall–Kier alpha value is -4.45. The third kappa shape index (κ3) is 4.98. The Morgan fingerprint density at radius 3 is 2.67 bits per heavy atom. The maximum absolute atomic E-state index is 12.1. The van der Waals surface area contributed by atoms with E-state index in [1.807, 2.05) is 39.0 Å². The van der Waals surface area contributed by atoms with E-state index in [1.165, 1.54) is 0 Å². The number of methoxy groups -OCH3 is 1. The lowest BCUT2D eigenvalue weighted by atomic mass is 9.83. The van der Waals surface area contributed by atoms with Crippen molar-refractivity contribution in [1.29, 1.82) is 5.26 Å². The molecule has 0 aliphatic carbocycles. The van der Waals surface area contributed by atoms with E-state index < -0.39 is 5.92 Å². The molecule has 0 unspecified atom stereocenters. The first-order valence-corrected chi connectivity index (χ1v) is 11.5. The minimum atomic E-state index is -0.446. The van der Waals surface area contributed by atoms with Gasteiger partial charge < -0.3 is 24.7 Å². The fourth-order valence-corrected chi connectivity index (χ4v) is 4.00. The van der Waals surface area contributed by atoms with E-state index in [0.29, 0.717) is 35.1 Å². The Morgan fingerprint density at radius 2 is 2.00 bits per heavy atom. The van der Waals surface area contributed by atoms with E-state index in [4.69, 9.17) is 24.7 Å². The fraction of sp³-hybridized carbons (Fsp3) is 0.296. The molecule has 2 aromatic carbocycles. The van der Waals surface area contributed by atoms with Crippen LogP contribution in [0, 0.1) is 24.2 Å². The average molecular weight is 489 g/mol. The Labute approximate surface area is 209 Å². The van der Waals surface area contributed by atoms with Crippen molar-refractivity contribution in [2.75, 3.05) is 13.7 Å². The number of nitrogens with two attached hydrogens (primary N) is 1. The number of carbonyl (C=O) groups is 1. The molecule has 1 aliphatic heterocycles. The zero-order chi connectivity index (χ0) is 25.8. The van der Waals surface area contributed by atoms with E-state index in [9.17, 15) is 10.1 Å². The molecule has 0 radical (unpaired) electrons. The molecule has 0 bridgehead atoms. The SMILES string of the molecule is COc1ccc([C@H]2C(C#N)=C(N)Oc3n[nH]c(C)c32)cc1COc1ccc(C(=O)OCC(C)C)cc1. The molecule has 0 amide bonds. The number of carbonyl (C=O) groups excluding carboxylic acids is 1. The molecule has 1 aliphatic rings. The van der Waals surface area contributed by atoms with Crippen molar-refractivity contribution in [3.05, 3.63) is 81.9 Å². The number of rotatable bonds is 8. The van der Waals surface area contributed by atoms with Crippen LogP contribution in [0.2, 0.25) is 0 Å². The normalized spacial score (nSPS) is 14.6. The number of aromatic nitrogens is 2. The van der Waals surface area contributed by atoms with Gasteiger partial charge in [-0.2, -0.15) is 5.26 Å². The molecular formula is C27H28N4O5. The van der Waals surface area contributed by atoms with Crippen LogP contribution in [0.5, 0.6) is 17.4 Å². The van der Waals surface area contributed by atoms with Crippen molar-refractivity contribution in [1.82, 2.24) is 10.2 Å². The van der Waals surface area contributed by atoms with Crippen LogP contribution in [-0.4, -0.2) is 29.9 Å². The second kappa shape index (κ2) is 10.4. The van der Waals surface area contributed by atoms with Crippen LogP contribution in [0.3, 0.4) is 0 Å². The van der Waals surface area contributed by atoms with Gasteiger partial charge in [-0.05, 0) is 54.8 Å². The van der Waals surface area contributed by atoms with Gasteiger partial charge in [0.05, 0.1) is 25.2 Å². The van der Waals surface area contributed by atoms with Gasteiger partial charge in [-0.3, -0.25) is 5.10 Å². The number of esters is 1. The third-order valence-electron chi connectivity index (χ3n) is 5.80. The summed E-state index contributed by atoms with van der Waals surface area (Å²) >= 11 is 0. The van der Waals surface area contributed by atoms with Crippen molar-refractivity contribution in [2.45, 2.75) is 33.3 Å². The van der Waals surface area contributed by atoms with Gasteiger partial charge in [-0.1, -0.05) is 19.9 Å². The summed E-state index contributed by atoms with van der Waals surface area (Å²) in [6.45, 7) is 6.41. The molecule has 0 fully saturated rings. The van der Waals surface area contributed by atoms with Crippen LogP contribution in [0.25, 0.3) is 0 Å². The van der Waals surface area contributed by atoms with Crippen molar-refractivity contribution in [2.24, 2.45) is 11.7 Å². The summed E-state index contributed by atoms with van der Waals surface area (Å²) in [7, 11) is 1.58. The van der Waals surface area contributed by atoms with E-state index in [1.54, 1.807) is 31.4 Å². The molecule has 0 spiro atoms. The van der Waals surface area contributed by atoms with E-state index in [-0.39, 0.29) is 24.4 Å². The van der Waals surface area contributed by atoms with Crippen LogP contribution in [0.15, 0.2) is 53.9 Å². The monoisotopic (exact) mass is 488 g/mol. The molecule has 1 atom stereocenters. The molecule has 9 nitrogen and oxygen atoms in total. The molecule has 4 rings (SSSR count). The molecule has 1 aromatic heterocycles. The number of aromatic amines is 1. The highest BCUT2D eigenvalue weighted by Gasteiger charge is 2.34. The number of H-pyrrole nitrogens is 1. The van der Waals surface area contributed by atoms with Gasteiger partial charge in [0.25, 0.3) is 0 Å². The highest BCUT2D eigenvalue weighted by molar-refractivity contribution is 5.89. The first-order chi connectivity index (χ1) is 17.3. The topological polar surface area (TPSA) is 132 Å². The standard InChI is InChI=1S/C27H28N4O5/c1-15(2)13-35-27(32)17-5-8-20(9-6-17)34-14-19-11-18(7-10-22(19)33-4)24-21(12-28)25(29)36-26-23(24)16(3)30-31-26/h5-11,15,24H,13-14,29H2,1-4H3,(H,30,31)/t24-/m0/s1. The minimum absolute atomic E-state index is 0.0297. The third-order valence-corrected chi connectivity index (χ3v) is 5.80. The van der Waals surface area contributed by atoms with Gasteiger partial charge in [0.2, 0.25) is 11.8 Å². The molecule has 9 heteroatoms. The number of nitrogens with zero attached hydrogens (tertiary/aromatic N) is 2.